The third kappa shape index (κ3) is 3.36. The number of carbonyl (C=O) groups is 2. The summed E-state index contributed by atoms with van der Waals surface area (Å²) in [5.74, 6) is -0.503. The fourth-order valence-electron chi connectivity index (χ4n) is 3.21. The molecule has 1 N–H and O–H groups in total. The molecular weight excluding hydrogens is 361 g/mol. The molecule has 140 valence electrons. The molecule has 2 aromatic carbocycles. The van der Waals surface area contributed by atoms with Crippen molar-refractivity contribution in [3.63, 3.8) is 0 Å². The van der Waals surface area contributed by atoms with E-state index in [1.54, 1.807) is 30.5 Å². The van der Waals surface area contributed by atoms with Crippen molar-refractivity contribution >= 4 is 22.5 Å². The summed E-state index contributed by atoms with van der Waals surface area (Å²) in [5, 5.41) is 10.6. The van der Waals surface area contributed by atoms with Crippen molar-refractivity contribution in [1.82, 2.24) is 4.98 Å². The molecule has 1 heterocycles. The Bertz CT molecular complexity index is 1120. The zero-order valence-corrected chi connectivity index (χ0v) is 14.8. The highest BCUT2D eigenvalue weighted by atomic mass is 19.1. The zero-order valence-electron chi connectivity index (χ0n) is 14.8. The number of aliphatic hydroxyl groups excluding tert-OH is 1. The first-order valence-electron chi connectivity index (χ1n) is 8.85. The van der Waals surface area contributed by atoms with Crippen molar-refractivity contribution in [2.75, 3.05) is 0 Å². The Morgan fingerprint density at radius 3 is 2.61 bits per heavy atom. The number of aromatic nitrogens is 1. The number of ketones is 2. The molecule has 4 rings (SSSR count). The maximum Gasteiger partial charge on any atom is 0.200 e. The van der Waals surface area contributed by atoms with E-state index < -0.39 is 5.78 Å². The summed E-state index contributed by atoms with van der Waals surface area (Å²) >= 11 is 0. The van der Waals surface area contributed by atoms with Crippen molar-refractivity contribution in [3.05, 3.63) is 77.4 Å². The second kappa shape index (κ2) is 7.23. The monoisotopic (exact) mass is 377 g/mol. The Balaban J connectivity index is 1.75. The van der Waals surface area contributed by atoms with Gasteiger partial charge in [0.05, 0.1) is 5.52 Å². The lowest BCUT2D eigenvalue weighted by atomic mass is 9.90. The molecule has 3 aromatic rings. The molecule has 5 nitrogen and oxygen atoms in total. The van der Waals surface area contributed by atoms with E-state index in [-0.39, 0.29) is 34.9 Å². The van der Waals surface area contributed by atoms with Crippen LogP contribution in [0, 0.1) is 5.82 Å². The number of carbonyl (C=O) groups excluding carboxylic acids is 2. The van der Waals surface area contributed by atoms with Gasteiger partial charge in [-0.15, -0.1) is 0 Å². The van der Waals surface area contributed by atoms with Crippen LogP contribution in [0.25, 0.3) is 10.9 Å². The minimum atomic E-state index is -0.513. The van der Waals surface area contributed by atoms with Gasteiger partial charge in [0.15, 0.2) is 11.6 Å². The van der Waals surface area contributed by atoms with Crippen LogP contribution in [0.3, 0.4) is 0 Å². The first-order chi connectivity index (χ1) is 13.5. The van der Waals surface area contributed by atoms with Gasteiger partial charge in [0.25, 0.3) is 0 Å². The van der Waals surface area contributed by atoms with Crippen molar-refractivity contribution in [2.45, 2.75) is 19.3 Å². The molecule has 0 amide bonds. The number of aliphatic hydroxyl groups is 1. The van der Waals surface area contributed by atoms with Crippen LogP contribution < -0.4 is 4.74 Å². The van der Waals surface area contributed by atoms with Crippen LogP contribution in [0.4, 0.5) is 4.39 Å². The third-order valence-electron chi connectivity index (χ3n) is 4.62. The van der Waals surface area contributed by atoms with Gasteiger partial charge in [-0.25, -0.2) is 4.39 Å². The number of pyridine rings is 1. The summed E-state index contributed by atoms with van der Waals surface area (Å²) in [5.41, 5.74) is 0.723. The maximum absolute atomic E-state index is 13.1. The molecule has 6 heteroatoms. The van der Waals surface area contributed by atoms with E-state index in [4.69, 9.17) is 4.74 Å². The lowest BCUT2D eigenvalue weighted by Gasteiger charge is -2.14. The summed E-state index contributed by atoms with van der Waals surface area (Å²) in [6, 6.07) is 12.0. The number of Topliss-reactive ketones (excluding diaryl/α,β-unsaturated/α-hetero) is 2. The molecule has 0 aliphatic heterocycles. The van der Waals surface area contributed by atoms with Crippen molar-refractivity contribution in [1.29, 1.82) is 0 Å². The lowest BCUT2D eigenvalue weighted by Crippen LogP contribution is -2.19. The molecule has 0 atom stereocenters. The normalized spacial score (nSPS) is 14.4. The number of allylic oxidation sites excluding steroid dienone is 2. The Hall–Kier alpha value is -3.54. The molecule has 0 bridgehead atoms. The van der Waals surface area contributed by atoms with Crippen molar-refractivity contribution in [3.8, 4) is 11.5 Å². The van der Waals surface area contributed by atoms with E-state index in [9.17, 15) is 19.1 Å². The highest BCUT2D eigenvalue weighted by Crippen LogP contribution is 2.31. The number of hydrogen-bond acceptors (Lipinski definition) is 5. The molecule has 28 heavy (non-hydrogen) atoms. The predicted molar refractivity (Wildman–Crippen MR) is 101 cm³/mol. The molecule has 1 aliphatic rings. The average Bonchev–Trinajstić information content (AvgIpc) is 2.69. The average molecular weight is 377 g/mol. The van der Waals surface area contributed by atoms with E-state index >= 15 is 0 Å². The van der Waals surface area contributed by atoms with Crippen LogP contribution in [-0.4, -0.2) is 21.7 Å². The molecule has 1 aromatic heterocycles. The van der Waals surface area contributed by atoms with Gasteiger partial charge in [-0.1, -0.05) is 0 Å². The molecular formula is C22H16FNO4. The highest BCUT2D eigenvalue weighted by Gasteiger charge is 2.27. The van der Waals surface area contributed by atoms with Crippen LogP contribution in [0.15, 0.2) is 66.1 Å². The quantitative estimate of drug-likeness (QED) is 0.516. The van der Waals surface area contributed by atoms with E-state index in [1.807, 2.05) is 0 Å². The number of benzene rings is 2. The van der Waals surface area contributed by atoms with Crippen LogP contribution in [-0.2, 0) is 4.79 Å². The number of halogens is 1. The van der Waals surface area contributed by atoms with Crippen molar-refractivity contribution in [2.24, 2.45) is 0 Å². The molecule has 0 saturated carbocycles. The number of nitrogens with zero attached hydrogens (tertiary/aromatic N) is 1. The highest BCUT2D eigenvalue weighted by molar-refractivity contribution is 6.27. The van der Waals surface area contributed by atoms with Gasteiger partial charge < -0.3 is 9.84 Å². The molecule has 1 aliphatic carbocycles. The summed E-state index contributed by atoms with van der Waals surface area (Å²) in [7, 11) is 0. The summed E-state index contributed by atoms with van der Waals surface area (Å²) in [6.45, 7) is 0. The van der Waals surface area contributed by atoms with E-state index in [2.05, 4.69) is 4.98 Å². The predicted octanol–water partition coefficient (Wildman–Crippen LogP) is 4.91. The lowest BCUT2D eigenvalue weighted by molar-refractivity contribution is -0.116. The van der Waals surface area contributed by atoms with E-state index in [0.717, 1.165) is 0 Å². The fraction of sp³-hybridized carbons (Fsp3) is 0.136. The second-order valence-electron chi connectivity index (χ2n) is 6.52. The van der Waals surface area contributed by atoms with Crippen LogP contribution in [0.2, 0.25) is 0 Å². The number of fused-ring (bicyclic) bond motifs is 1. The summed E-state index contributed by atoms with van der Waals surface area (Å²) in [4.78, 5) is 29.2. The Morgan fingerprint density at radius 1 is 1.07 bits per heavy atom. The molecule has 0 radical (unpaired) electrons. The number of ether oxygens (including phenoxy) is 1. The standard InChI is InChI=1S/C22H16FNO4/c23-14-5-7-15(8-6-14)28-20-10-11-24-17-9-4-13(12-16(17)20)22(27)21-18(25)2-1-3-19(21)26/h4-12,25H,1-3H2. The van der Waals surface area contributed by atoms with Gasteiger partial charge in [-0.3, -0.25) is 14.6 Å². The topological polar surface area (TPSA) is 76.5 Å². The molecule has 0 unspecified atom stereocenters. The maximum atomic E-state index is 13.1. The smallest absolute Gasteiger partial charge is 0.200 e. The molecule has 0 saturated heterocycles. The SMILES string of the molecule is O=C1CCCC(O)=C1C(=O)c1ccc2nccc(Oc3ccc(F)cc3)c2c1. The first kappa shape index (κ1) is 17.9. The van der Waals surface area contributed by atoms with Gasteiger partial charge in [0.1, 0.15) is 28.6 Å². The van der Waals surface area contributed by atoms with Crippen molar-refractivity contribution < 1.29 is 23.8 Å². The van der Waals surface area contributed by atoms with E-state index in [1.165, 1.54) is 24.3 Å². The minimum absolute atomic E-state index is 0.143. The number of rotatable bonds is 4. The van der Waals surface area contributed by atoms with Gasteiger partial charge in [-0.05, 0) is 55.0 Å². The van der Waals surface area contributed by atoms with Crippen LogP contribution >= 0.6 is 0 Å². The fourth-order valence-corrected chi connectivity index (χ4v) is 3.21. The third-order valence-corrected chi connectivity index (χ3v) is 4.62. The Labute approximate surface area is 160 Å². The van der Waals surface area contributed by atoms with Gasteiger partial charge in [0, 0.05) is 30.0 Å². The van der Waals surface area contributed by atoms with Gasteiger partial charge in [-0.2, -0.15) is 0 Å². The molecule has 0 fully saturated rings. The minimum Gasteiger partial charge on any atom is -0.511 e. The van der Waals surface area contributed by atoms with Gasteiger partial charge in [0.2, 0.25) is 0 Å². The second-order valence-corrected chi connectivity index (χ2v) is 6.52. The Morgan fingerprint density at radius 2 is 1.86 bits per heavy atom. The summed E-state index contributed by atoms with van der Waals surface area (Å²) < 4.78 is 18.9. The number of hydrogen-bond donors (Lipinski definition) is 1. The summed E-state index contributed by atoms with van der Waals surface area (Å²) in [6.07, 6.45) is 2.68. The van der Waals surface area contributed by atoms with E-state index in [0.29, 0.717) is 35.2 Å². The molecule has 0 spiro atoms. The first-order valence-corrected chi connectivity index (χ1v) is 8.85. The van der Waals surface area contributed by atoms with Gasteiger partial charge >= 0.3 is 0 Å². The van der Waals surface area contributed by atoms with Crippen LogP contribution in [0.5, 0.6) is 11.5 Å². The zero-order chi connectivity index (χ0) is 19.7. The Kier molecular flexibility index (Phi) is 4.61. The largest absolute Gasteiger partial charge is 0.511 e. The van der Waals surface area contributed by atoms with Crippen LogP contribution in [0.1, 0.15) is 29.6 Å².